The van der Waals surface area contributed by atoms with E-state index in [-0.39, 0.29) is 11.1 Å². The van der Waals surface area contributed by atoms with Gasteiger partial charge in [0.05, 0.1) is 21.2 Å². The summed E-state index contributed by atoms with van der Waals surface area (Å²) in [6.07, 6.45) is -0.133. The van der Waals surface area contributed by atoms with E-state index in [1.807, 2.05) is 30.3 Å². The maximum Gasteiger partial charge on any atom is 0.364 e. The van der Waals surface area contributed by atoms with Crippen molar-refractivity contribution >= 4 is 17.1 Å². The first kappa shape index (κ1) is 20.5. The van der Waals surface area contributed by atoms with Crippen molar-refractivity contribution in [3.05, 3.63) is 91.7 Å². The normalized spacial score (nSPS) is 23.2. The Hall–Kier alpha value is -3.75. The number of hydrogen-bond donors (Lipinski definition) is 1. The number of nitrogens with zero attached hydrogens (tertiary/aromatic N) is 3. The fraction of sp³-hybridized carbons (Fsp3) is 0.318. The molecule has 0 spiro atoms. The summed E-state index contributed by atoms with van der Waals surface area (Å²) in [7, 11) is 0. The van der Waals surface area contributed by atoms with Gasteiger partial charge in [-0.1, -0.05) is 44.2 Å². The molecule has 160 valence electrons. The lowest BCUT2D eigenvalue weighted by atomic mass is 9.73. The fourth-order valence-corrected chi connectivity index (χ4v) is 4.16. The van der Waals surface area contributed by atoms with Gasteiger partial charge in [0.15, 0.2) is 0 Å². The van der Waals surface area contributed by atoms with Crippen molar-refractivity contribution in [3.8, 4) is 0 Å². The number of anilines is 1. The third-order valence-electron chi connectivity index (χ3n) is 5.52. The minimum Gasteiger partial charge on any atom is -0.433 e. The lowest BCUT2D eigenvalue weighted by Crippen LogP contribution is -2.29. The van der Waals surface area contributed by atoms with E-state index in [1.54, 1.807) is 12.1 Å². The predicted molar refractivity (Wildman–Crippen MR) is 115 cm³/mol. The van der Waals surface area contributed by atoms with Gasteiger partial charge < -0.3 is 4.74 Å². The maximum atomic E-state index is 11.8. The molecule has 4 rings (SSSR count). The Labute approximate surface area is 178 Å². The molecule has 31 heavy (non-hydrogen) atoms. The van der Waals surface area contributed by atoms with Crippen LogP contribution in [0.25, 0.3) is 0 Å². The molecule has 2 aromatic rings. The van der Waals surface area contributed by atoms with Crippen molar-refractivity contribution in [3.63, 3.8) is 0 Å². The molecule has 2 atom stereocenters. The van der Waals surface area contributed by atoms with Gasteiger partial charge in [-0.05, 0) is 29.5 Å². The molecule has 0 radical (unpaired) electrons. The number of allylic oxidation sites excluding steroid dienone is 1. The van der Waals surface area contributed by atoms with Crippen LogP contribution in [-0.4, -0.2) is 21.8 Å². The van der Waals surface area contributed by atoms with Gasteiger partial charge in [-0.3, -0.25) is 25.7 Å². The number of hydrogen-bond acceptors (Lipinski definition) is 7. The van der Waals surface area contributed by atoms with E-state index in [2.05, 4.69) is 24.4 Å². The molecule has 0 amide bonds. The Morgan fingerprint density at radius 3 is 2.32 bits per heavy atom. The molecule has 0 saturated heterocycles. The average molecular weight is 422 g/mol. The molecule has 2 aliphatic rings. The number of rotatable bonds is 5. The van der Waals surface area contributed by atoms with Crippen LogP contribution in [0.2, 0.25) is 0 Å². The van der Waals surface area contributed by atoms with E-state index in [9.17, 15) is 20.2 Å². The minimum atomic E-state index is -1.30. The largest absolute Gasteiger partial charge is 0.433 e. The van der Waals surface area contributed by atoms with Crippen LogP contribution in [0, 0.1) is 25.6 Å². The van der Waals surface area contributed by atoms with Gasteiger partial charge >= 0.3 is 6.23 Å². The van der Waals surface area contributed by atoms with Gasteiger partial charge in [-0.2, -0.15) is 5.10 Å². The number of nitro groups is 2. The van der Waals surface area contributed by atoms with Crippen molar-refractivity contribution in [1.29, 1.82) is 0 Å². The Bertz CT molecular complexity index is 1080. The van der Waals surface area contributed by atoms with Crippen molar-refractivity contribution in [1.82, 2.24) is 0 Å². The van der Waals surface area contributed by atoms with Crippen LogP contribution in [-0.2, 0) is 4.74 Å². The topological polar surface area (TPSA) is 120 Å². The number of nitrogens with one attached hydrogen (secondary N) is 1. The van der Waals surface area contributed by atoms with Crippen molar-refractivity contribution in [2.24, 2.45) is 10.5 Å². The zero-order valence-electron chi connectivity index (χ0n) is 17.1. The molecule has 1 N–H and O–H groups in total. The number of nitro benzene ring substituents is 1. The molecule has 9 heteroatoms. The van der Waals surface area contributed by atoms with Crippen LogP contribution in [0.1, 0.15) is 38.2 Å². The van der Waals surface area contributed by atoms with Gasteiger partial charge in [-0.25, -0.2) is 0 Å². The first-order chi connectivity index (χ1) is 14.7. The quantitative estimate of drug-likeness (QED) is 0.543. The van der Waals surface area contributed by atoms with Crippen LogP contribution >= 0.6 is 0 Å². The van der Waals surface area contributed by atoms with Crippen LogP contribution < -0.4 is 5.43 Å². The molecule has 0 aromatic heterocycles. The molecule has 0 bridgehead atoms. The Morgan fingerprint density at radius 1 is 1.03 bits per heavy atom. The minimum absolute atomic E-state index is 0.0704. The van der Waals surface area contributed by atoms with Crippen LogP contribution in [0.5, 0.6) is 0 Å². The molecular formula is C22H22N4O5. The molecule has 1 aliphatic carbocycles. The van der Waals surface area contributed by atoms with Crippen LogP contribution in [0.3, 0.4) is 0 Å². The van der Waals surface area contributed by atoms with Gasteiger partial charge in [0.25, 0.3) is 5.69 Å². The highest BCUT2D eigenvalue weighted by Gasteiger charge is 2.51. The number of hydrazone groups is 1. The summed E-state index contributed by atoms with van der Waals surface area (Å²) in [4.78, 5) is 21.9. The monoisotopic (exact) mass is 422 g/mol. The average Bonchev–Trinajstić information content (AvgIpc) is 3.11. The van der Waals surface area contributed by atoms with Gasteiger partial charge in [0.1, 0.15) is 11.7 Å². The standard InChI is InChI=1S/C22H22N4O5/c1-22(2)12-17(24-23-15-6-4-3-5-7-15)20-18(13-22)31-21(26(29)30)19(20)14-8-10-16(11-9-14)25(27)28/h3-11,19,21,23H,12-13H2,1-2H3/b24-17-/t19-,21-/m0/s1. The summed E-state index contributed by atoms with van der Waals surface area (Å²) in [6, 6.07) is 15.3. The second kappa shape index (κ2) is 7.82. The van der Waals surface area contributed by atoms with Crippen molar-refractivity contribution in [2.75, 3.05) is 5.43 Å². The van der Waals surface area contributed by atoms with E-state index in [1.165, 1.54) is 12.1 Å². The number of para-hydroxylation sites is 1. The molecule has 2 aromatic carbocycles. The molecule has 0 fully saturated rings. The van der Waals surface area contributed by atoms with Crippen LogP contribution in [0.15, 0.2) is 71.0 Å². The summed E-state index contributed by atoms with van der Waals surface area (Å²) < 4.78 is 5.83. The zero-order valence-corrected chi connectivity index (χ0v) is 17.1. The van der Waals surface area contributed by atoms with Gasteiger partial charge in [0, 0.05) is 24.1 Å². The zero-order chi connectivity index (χ0) is 22.2. The second-order valence-corrected chi connectivity index (χ2v) is 8.51. The first-order valence-corrected chi connectivity index (χ1v) is 9.91. The van der Waals surface area contributed by atoms with Crippen LogP contribution in [0.4, 0.5) is 11.4 Å². The van der Waals surface area contributed by atoms with E-state index in [0.717, 1.165) is 5.69 Å². The van der Waals surface area contributed by atoms with Gasteiger partial charge in [-0.15, -0.1) is 0 Å². The highest BCUT2D eigenvalue weighted by Crippen LogP contribution is 2.49. The number of non-ortho nitro benzene ring substituents is 1. The summed E-state index contributed by atoms with van der Waals surface area (Å²) in [5.41, 5.74) is 5.57. The predicted octanol–water partition coefficient (Wildman–Crippen LogP) is 4.85. The number of benzene rings is 2. The van der Waals surface area contributed by atoms with Crippen molar-refractivity contribution in [2.45, 2.75) is 38.8 Å². The third kappa shape index (κ3) is 4.11. The summed E-state index contributed by atoms with van der Waals surface area (Å²) in [5.74, 6) is -0.131. The van der Waals surface area contributed by atoms with E-state index >= 15 is 0 Å². The molecule has 9 nitrogen and oxygen atoms in total. The van der Waals surface area contributed by atoms with Crippen molar-refractivity contribution < 1.29 is 14.6 Å². The summed E-state index contributed by atoms with van der Waals surface area (Å²) >= 11 is 0. The third-order valence-corrected chi connectivity index (χ3v) is 5.52. The molecule has 0 saturated carbocycles. The highest BCUT2D eigenvalue weighted by atomic mass is 16.7. The first-order valence-electron chi connectivity index (χ1n) is 9.91. The maximum absolute atomic E-state index is 11.8. The van der Waals surface area contributed by atoms with Gasteiger partial charge in [0.2, 0.25) is 0 Å². The van der Waals surface area contributed by atoms with E-state index in [0.29, 0.717) is 35.4 Å². The SMILES string of the molecule is CC1(C)CC2=C(/C(=N\Nc3ccccc3)C1)[C@H](c1ccc([N+](=O)[O-])cc1)[C@@H]([N+](=O)[O-])O2. The number of ether oxygens (including phenoxy) is 1. The smallest absolute Gasteiger partial charge is 0.364 e. The van der Waals surface area contributed by atoms with E-state index in [4.69, 9.17) is 4.74 Å². The second-order valence-electron chi connectivity index (χ2n) is 8.51. The van der Waals surface area contributed by atoms with E-state index < -0.39 is 22.0 Å². The lowest BCUT2D eigenvalue weighted by molar-refractivity contribution is -0.570. The Morgan fingerprint density at radius 2 is 1.71 bits per heavy atom. The summed E-state index contributed by atoms with van der Waals surface area (Å²) in [6.45, 7) is 4.14. The molecular weight excluding hydrogens is 400 g/mol. The molecule has 1 heterocycles. The Balaban J connectivity index is 1.77. The lowest BCUT2D eigenvalue weighted by Gasteiger charge is -2.31. The fourth-order valence-electron chi connectivity index (χ4n) is 4.16. The molecule has 1 aliphatic heterocycles. The Kier molecular flexibility index (Phi) is 5.18. The highest BCUT2D eigenvalue weighted by molar-refractivity contribution is 6.04. The summed E-state index contributed by atoms with van der Waals surface area (Å²) in [5, 5.41) is 27.5. The molecule has 0 unspecified atom stereocenters.